The Bertz CT molecular complexity index is 499. The lowest BCUT2D eigenvalue weighted by Crippen LogP contribution is -2.05. The number of nitrogens with zero attached hydrogens (tertiary/aromatic N) is 4. The first-order valence-corrected chi connectivity index (χ1v) is 5.95. The molecule has 2 aromatic heterocycles. The molecule has 0 unspecified atom stereocenters. The Hall–Kier alpha value is -1.34. The molecular formula is C9H12N4O2S. The van der Waals surface area contributed by atoms with E-state index < -0.39 is 0 Å². The minimum absolute atomic E-state index is 0.0255. The first-order valence-electron chi connectivity index (χ1n) is 4.72. The summed E-state index contributed by atoms with van der Waals surface area (Å²) < 4.78 is 6.82. The monoisotopic (exact) mass is 240 g/mol. The van der Waals surface area contributed by atoms with Crippen LogP contribution in [-0.2, 0) is 6.54 Å². The van der Waals surface area contributed by atoms with E-state index in [1.165, 1.54) is 11.8 Å². The minimum atomic E-state index is 0.0255. The molecule has 2 heterocycles. The number of ether oxygens (including phenoxy) is 1. The van der Waals surface area contributed by atoms with Gasteiger partial charge in [-0.15, -0.1) is 0 Å². The molecular weight excluding hydrogens is 228 g/mol. The average Bonchev–Trinajstić information content (AvgIpc) is 2.72. The Labute approximate surface area is 96.7 Å². The maximum Gasteiger partial charge on any atom is 0.228 e. The maximum atomic E-state index is 8.91. The summed E-state index contributed by atoms with van der Waals surface area (Å²) in [6.07, 6.45) is 3.54. The van der Waals surface area contributed by atoms with Gasteiger partial charge in [0.15, 0.2) is 10.8 Å². The van der Waals surface area contributed by atoms with Crippen LogP contribution in [0.2, 0.25) is 0 Å². The van der Waals surface area contributed by atoms with Crippen LogP contribution in [0.1, 0.15) is 0 Å². The molecule has 0 saturated heterocycles. The summed E-state index contributed by atoms with van der Waals surface area (Å²) in [5.41, 5.74) is 0.685. The van der Waals surface area contributed by atoms with Crippen molar-refractivity contribution in [2.24, 2.45) is 0 Å². The molecule has 86 valence electrons. The van der Waals surface area contributed by atoms with Crippen molar-refractivity contribution in [2.45, 2.75) is 11.7 Å². The van der Waals surface area contributed by atoms with Gasteiger partial charge < -0.3 is 9.84 Å². The number of thioether (sulfide) groups is 1. The van der Waals surface area contributed by atoms with E-state index in [1.54, 1.807) is 18.0 Å². The SMILES string of the molecule is COc1nc(SC)nc2c1cnn2CCO. The number of aromatic nitrogens is 4. The zero-order valence-corrected chi connectivity index (χ0v) is 9.86. The average molecular weight is 240 g/mol. The second kappa shape index (κ2) is 4.67. The topological polar surface area (TPSA) is 73.1 Å². The van der Waals surface area contributed by atoms with Crippen LogP contribution in [0.5, 0.6) is 5.88 Å². The zero-order chi connectivity index (χ0) is 11.5. The summed E-state index contributed by atoms with van der Waals surface area (Å²) in [7, 11) is 1.56. The number of fused-ring (bicyclic) bond motifs is 1. The van der Waals surface area contributed by atoms with Crippen molar-refractivity contribution < 1.29 is 9.84 Å². The van der Waals surface area contributed by atoms with Crippen LogP contribution >= 0.6 is 11.8 Å². The van der Waals surface area contributed by atoms with E-state index in [2.05, 4.69) is 15.1 Å². The van der Waals surface area contributed by atoms with Gasteiger partial charge in [-0.3, -0.25) is 0 Å². The maximum absolute atomic E-state index is 8.91. The number of methoxy groups -OCH3 is 1. The van der Waals surface area contributed by atoms with Crippen molar-refractivity contribution in [3.05, 3.63) is 6.20 Å². The van der Waals surface area contributed by atoms with Crippen LogP contribution in [0.15, 0.2) is 11.4 Å². The standard InChI is InChI=1S/C9H12N4O2S/c1-15-8-6-5-10-13(3-4-14)7(6)11-9(12-8)16-2/h5,14H,3-4H2,1-2H3. The van der Waals surface area contributed by atoms with E-state index in [0.717, 1.165) is 5.39 Å². The van der Waals surface area contributed by atoms with Crippen LogP contribution < -0.4 is 4.74 Å². The smallest absolute Gasteiger partial charge is 0.228 e. The van der Waals surface area contributed by atoms with Gasteiger partial charge in [0.05, 0.1) is 26.5 Å². The molecule has 0 aliphatic rings. The third-order valence-corrected chi connectivity index (χ3v) is 2.68. The zero-order valence-electron chi connectivity index (χ0n) is 9.04. The molecule has 0 aliphatic carbocycles. The Morgan fingerprint density at radius 1 is 1.50 bits per heavy atom. The molecule has 0 saturated carbocycles. The second-order valence-electron chi connectivity index (χ2n) is 3.05. The van der Waals surface area contributed by atoms with Crippen LogP contribution in [0.25, 0.3) is 11.0 Å². The molecule has 1 N–H and O–H groups in total. The van der Waals surface area contributed by atoms with Crippen LogP contribution in [-0.4, -0.2) is 44.8 Å². The Balaban J connectivity index is 2.62. The van der Waals surface area contributed by atoms with E-state index >= 15 is 0 Å². The van der Waals surface area contributed by atoms with Gasteiger partial charge in [0.1, 0.15) is 5.39 Å². The number of hydrogen-bond acceptors (Lipinski definition) is 6. The van der Waals surface area contributed by atoms with Crippen LogP contribution in [0.4, 0.5) is 0 Å². The van der Waals surface area contributed by atoms with Gasteiger partial charge in [-0.25, -0.2) is 9.67 Å². The number of hydrogen-bond donors (Lipinski definition) is 1. The van der Waals surface area contributed by atoms with Gasteiger partial charge in [0.2, 0.25) is 5.88 Å². The molecule has 2 aromatic rings. The molecule has 2 rings (SSSR count). The summed E-state index contributed by atoms with van der Waals surface area (Å²) in [6.45, 7) is 0.440. The number of aliphatic hydroxyl groups excluding tert-OH is 1. The number of aliphatic hydroxyl groups is 1. The van der Waals surface area contributed by atoms with Crippen molar-refractivity contribution in [1.82, 2.24) is 19.7 Å². The Kier molecular flexibility index (Phi) is 3.25. The highest BCUT2D eigenvalue weighted by Crippen LogP contribution is 2.24. The highest BCUT2D eigenvalue weighted by Gasteiger charge is 2.12. The van der Waals surface area contributed by atoms with Crippen LogP contribution in [0, 0.1) is 0 Å². The first-order chi connectivity index (χ1) is 7.80. The highest BCUT2D eigenvalue weighted by molar-refractivity contribution is 7.98. The predicted octanol–water partition coefficient (Wildman–Crippen LogP) is 0.549. The summed E-state index contributed by atoms with van der Waals surface area (Å²) in [5.74, 6) is 0.513. The fourth-order valence-corrected chi connectivity index (χ4v) is 1.77. The van der Waals surface area contributed by atoms with Gasteiger partial charge in [-0.2, -0.15) is 10.1 Å². The van der Waals surface area contributed by atoms with E-state index in [0.29, 0.717) is 23.2 Å². The third kappa shape index (κ3) is 1.83. The predicted molar refractivity (Wildman–Crippen MR) is 60.7 cm³/mol. The third-order valence-electron chi connectivity index (χ3n) is 2.13. The molecule has 0 amide bonds. The lowest BCUT2D eigenvalue weighted by molar-refractivity contribution is 0.271. The van der Waals surface area contributed by atoms with Gasteiger partial charge in [0.25, 0.3) is 0 Å². The van der Waals surface area contributed by atoms with Gasteiger partial charge in [-0.1, -0.05) is 11.8 Å². The van der Waals surface area contributed by atoms with E-state index in [1.807, 2.05) is 6.26 Å². The van der Waals surface area contributed by atoms with Crippen molar-refractivity contribution in [3.63, 3.8) is 0 Å². The molecule has 0 aromatic carbocycles. The minimum Gasteiger partial charge on any atom is -0.480 e. The fourth-order valence-electron chi connectivity index (χ4n) is 1.42. The lowest BCUT2D eigenvalue weighted by atomic mass is 10.4. The van der Waals surface area contributed by atoms with E-state index in [9.17, 15) is 0 Å². The summed E-state index contributed by atoms with van der Waals surface area (Å²) >= 11 is 1.44. The highest BCUT2D eigenvalue weighted by atomic mass is 32.2. The largest absolute Gasteiger partial charge is 0.480 e. The van der Waals surface area contributed by atoms with Crippen LogP contribution in [0.3, 0.4) is 0 Å². The summed E-state index contributed by atoms with van der Waals surface area (Å²) in [5, 5.41) is 14.4. The summed E-state index contributed by atoms with van der Waals surface area (Å²) in [4.78, 5) is 8.57. The van der Waals surface area contributed by atoms with Crippen molar-refractivity contribution >= 4 is 22.8 Å². The molecule has 0 spiro atoms. The lowest BCUT2D eigenvalue weighted by Gasteiger charge is -2.04. The number of rotatable bonds is 4. The molecule has 7 heteroatoms. The van der Waals surface area contributed by atoms with Crippen molar-refractivity contribution in [1.29, 1.82) is 0 Å². The Morgan fingerprint density at radius 2 is 2.31 bits per heavy atom. The van der Waals surface area contributed by atoms with E-state index in [-0.39, 0.29) is 6.61 Å². The normalized spacial score (nSPS) is 10.9. The molecule has 0 bridgehead atoms. The molecule has 16 heavy (non-hydrogen) atoms. The van der Waals surface area contributed by atoms with E-state index in [4.69, 9.17) is 9.84 Å². The van der Waals surface area contributed by atoms with Gasteiger partial charge >= 0.3 is 0 Å². The summed E-state index contributed by atoms with van der Waals surface area (Å²) in [6, 6.07) is 0. The molecule has 0 atom stereocenters. The molecule has 0 fully saturated rings. The molecule has 6 nitrogen and oxygen atoms in total. The van der Waals surface area contributed by atoms with Gasteiger partial charge in [0, 0.05) is 0 Å². The molecule has 0 aliphatic heterocycles. The second-order valence-corrected chi connectivity index (χ2v) is 3.82. The molecule has 0 radical (unpaired) electrons. The van der Waals surface area contributed by atoms with Gasteiger partial charge in [-0.05, 0) is 6.26 Å². The first kappa shape index (κ1) is 11.2. The van der Waals surface area contributed by atoms with Crippen molar-refractivity contribution in [3.8, 4) is 5.88 Å². The van der Waals surface area contributed by atoms with Crippen molar-refractivity contribution in [2.75, 3.05) is 20.0 Å². The Morgan fingerprint density at radius 3 is 2.94 bits per heavy atom. The fraction of sp³-hybridized carbons (Fsp3) is 0.444. The quantitative estimate of drug-likeness (QED) is 0.621.